The van der Waals surface area contributed by atoms with Crippen molar-refractivity contribution in [2.45, 2.75) is 23.9 Å². The molecule has 0 radical (unpaired) electrons. The van der Waals surface area contributed by atoms with Gasteiger partial charge >= 0.3 is 0 Å². The summed E-state index contributed by atoms with van der Waals surface area (Å²) in [5.41, 5.74) is 5.02. The summed E-state index contributed by atoms with van der Waals surface area (Å²) in [4.78, 5) is 12.9. The normalized spacial score (nSPS) is 12.1. The number of nitrogens with zero attached hydrogens (tertiary/aromatic N) is 4. The van der Waals surface area contributed by atoms with Gasteiger partial charge in [0.2, 0.25) is 0 Å². The van der Waals surface area contributed by atoms with Crippen LogP contribution in [0, 0.1) is 3.57 Å². The van der Waals surface area contributed by atoms with Gasteiger partial charge in [0.25, 0.3) is 5.91 Å². The van der Waals surface area contributed by atoms with Crippen LogP contribution >= 0.6 is 34.4 Å². The number of fused-ring (bicyclic) bond motifs is 1. The Hall–Kier alpha value is -3.90. The maximum Gasteiger partial charge on any atom is 0.253 e. The third-order valence-corrected chi connectivity index (χ3v) is 7.74. The number of carbonyl (C=O) groups is 1. The molecule has 0 saturated carbocycles. The van der Waals surface area contributed by atoms with E-state index in [1.807, 2.05) is 89.5 Å². The SMILES string of the molecule is C[C@@H](Sc1nnc(CNc2ccc(I)cc2)n1-c1ccccc1)C(=O)N/N=C/c1c(O)ccc2ccccc12. The van der Waals surface area contributed by atoms with Crippen LogP contribution in [0.3, 0.4) is 0 Å². The molecule has 0 spiro atoms. The molecule has 0 saturated heterocycles. The number of carbonyl (C=O) groups excluding carboxylic acids is 1. The summed E-state index contributed by atoms with van der Waals surface area (Å²) in [6.07, 6.45) is 1.47. The van der Waals surface area contributed by atoms with E-state index < -0.39 is 5.25 Å². The lowest BCUT2D eigenvalue weighted by Gasteiger charge is -2.13. The van der Waals surface area contributed by atoms with Gasteiger partial charge < -0.3 is 10.4 Å². The zero-order valence-electron chi connectivity index (χ0n) is 21.0. The van der Waals surface area contributed by atoms with E-state index in [1.165, 1.54) is 18.0 Å². The largest absolute Gasteiger partial charge is 0.507 e. The molecule has 0 bridgehead atoms. The van der Waals surface area contributed by atoms with Gasteiger partial charge in [0, 0.05) is 20.5 Å². The molecule has 5 rings (SSSR count). The van der Waals surface area contributed by atoms with Gasteiger partial charge in [-0.3, -0.25) is 9.36 Å². The van der Waals surface area contributed by atoms with Gasteiger partial charge in [0.15, 0.2) is 11.0 Å². The quantitative estimate of drug-likeness (QED) is 0.0788. The maximum atomic E-state index is 12.9. The summed E-state index contributed by atoms with van der Waals surface area (Å²) in [6.45, 7) is 2.25. The molecule has 39 heavy (non-hydrogen) atoms. The maximum absolute atomic E-state index is 12.9. The molecule has 0 aliphatic rings. The second-order valence-electron chi connectivity index (χ2n) is 8.64. The fourth-order valence-corrected chi connectivity index (χ4v) is 5.20. The van der Waals surface area contributed by atoms with Gasteiger partial charge in [0.05, 0.1) is 18.0 Å². The van der Waals surface area contributed by atoms with Crippen LogP contribution in [0.15, 0.2) is 101 Å². The summed E-state index contributed by atoms with van der Waals surface area (Å²) < 4.78 is 3.11. The molecule has 1 aromatic heterocycles. The molecule has 3 N–H and O–H groups in total. The number of aromatic nitrogens is 3. The van der Waals surface area contributed by atoms with Crippen LogP contribution in [0.4, 0.5) is 5.69 Å². The summed E-state index contributed by atoms with van der Waals surface area (Å²) in [5, 5.41) is 28.6. The standard InChI is InChI=1S/C29H25IN6O2S/c1-19(28(38)34-32-17-25-24-10-6-5-7-20(24)11-16-26(25)37)39-29-35-33-27(36(29)23-8-3-2-4-9-23)18-31-22-14-12-21(30)13-15-22/h2-17,19,31,37H,18H2,1H3,(H,34,38)/b32-17+/t19-/m1/s1. The van der Waals surface area contributed by atoms with Crippen molar-refractivity contribution < 1.29 is 9.90 Å². The number of phenols is 1. The van der Waals surface area contributed by atoms with E-state index >= 15 is 0 Å². The summed E-state index contributed by atoms with van der Waals surface area (Å²) >= 11 is 3.57. The lowest BCUT2D eigenvalue weighted by molar-refractivity contribution is -0.120. The molecular formula is C29H25IN6O2S. The predicted octanol–water partition coefficient (Wildman–Crippen LogP) is 5.97. The molecule has 4 aromatic carbocycles. The van der Waals surface area contributed by atoms with Crippen LogP contribution in [0.1, 0.15) is 18.3 Å². The molecule has 0 aliphatic carbocycles. The fraction of sp³-hybridized carbons (Fsp3) is 0.103. The van der Waals surface area contributed by atoms with E-state index in [9.17, 15) is 9.90 Å². The molecule has 1 atom stereocenters. The Labute approximate surface area is 243 Å². The van der Waals surface area contributed by atoms with Crippen molar-refractivity contribution in [1.82, 2.24) is 20.2 Å². The average molecular weight is 649 g/mol. The number of hydrogen-bond donors (Lipinski definition) is 3. The van der Waals surface area contributed by atoms with Gasteiger partial charge in [-0.15, -0.1) is 10.2 Å². The highest BCUT2D eigenvalue weighted by atomic mass is 127. The van der Waals surface area contributed by atoms with Crippen molar-refractivity contribution in [2.75, 3.05) is 5.32 Å². The number of thioether (sulfide) groups is 1. The van der Waals surface area contributed by atoms with Crippen LogP contribution in [0.5, 0.6) is 5.75 Å². The summed E-state index contributed by atoms with van der Waals surface area (Å²) in [6, 6.07) is 29.1. The monoisotopic (exact) mass is 648 g/mol. The minimum absolute atomic E-state index is 0.0939. The van der Waals surface area contributed by atoms with Gasteiger partial charge in [-0.05, 0) is 82.8 Å². The Bertz CT molecular complexity index is 1620. The third kappa shape index (κ3) is 6.40. The number of nitrogens with one attached hydrogen (secondary N) is 2. The number of benzene rings is 4. The van der Waals surface area contributed by atoms with E-state index in [0.717, 1.165) is 31.5 Å². The van der Waals surface area contributed by atoms with E-state index in [4.69, 9.17) is 0 Å². The van der Waals surface area contributed by atoms with Crippen LogP contribution in [-0.4, -0.2) is 37.2 Å². The molecular weight excluding hydrogens is 623 g/mol. The molecule has 5 aromatic rings. The number of hydrogen-bond acceptors (Lipinski definition) is 7. The molecule has 0 aliphatic heterocycles. The molecule has 0 unspecified atom stereocenters. The van der Waals surface area contributed by atoms with Crippen molar-refractivity contribution in [3.63, 3.8) is 0 Å². The highest BCUT2D eigenvalue weighted by Gasteiger charge is 2.21. The summed E-state index contributed by atoms with van der Waals surface area (Å²) in [7, 11) is 0. The average Bonchev–Trinajstić information content (AvgIpc) is 3.36. The van der Waals surface area contributed by atoms with Gasteiger partial charge in [-0.1, -0.05) is 60.3 Å². The highest BCUT2D eigenvalue weighted by molar-refractivity contribution is 14.1. The first kappa shape index (κ1) is 26.7. The fourth-order valence-electron chi connectivity index (χ4n) is 3.96. The van der Waals surface area contributed by atoms with Crippen LogP contribution in [0.2, 0.25) is 0 Å². The van der Waals surface area contributed by atoms with Crippen LogP contribution in [-0.2, 0) is 11.3 Å². The van der Waals surface area contributed by atoms with Crippen molar-refractivity contribution in [2.24, 2.45) is 5.10 Å². The Morgan fingerprint density at radius 1 is 1.03 bits per heavy atom. The molecule has 1 heterocycles. The second-order valence-corrected chi connectivity index (χ2v) is 11.2. The first-order chi connectivity index (χ1) is 19.0. The smallest absolute Gasteiger partial charge is 0.253 e. The van der Waals surface area contributed by atoms with E-state index in [2.05, 4.69) is 48.6 Å². The zero-order chi connectivity index (χ0) is 27.2. The molecule has 10 heteroatoms. The third-order valence-electron chi connectivity index (χ3n) is 5.98. The van der Waals surface area contributed by atoms with Crippen LogP contribution in [0.25, 0.3) is 16.5 Å². The van der Waals surface area contributed by atoms with Gasteiger partial charge in [0.1, 0.15) is 5.75 Å². The predicted molar refractivity (Wildman–Crippen MR) is 165 cm³/mol. The van der Waals surface area contributed by atoms with Crippen LogP contribution < -0.4 is 10.7 Å². The Morgan fingerprint density at radius 3 is 2.56 bits per heavy atom. The van der Waals surface area contributed by atoms with E-state index in [-0.39, 0.29) is 11.7 Å². The number of amides is 1. The van der Waals surface area contributed by atoms with E-state index in [0.29, 0.717) is 17.3 Å². The van der Waals surface area contributed by atoms with Gasteiger partial charge in [-0.25, -0.2) is 5.43 Å². The number of hydrazone groups is 1. The Balaban J connectivity index is 1.30. The lowest BCUT2D eigenvalue weighted by Crippen LogP contribution is -2.27. The van der Waals surface area contributed by atoms with Crippen molar-refractivity contribution in [3.8, 4) is 11.4 Å². The van der Waals surface area contributed by atoms with Gasteiger partial charge in [-0.2, -0.15) is 5.10 Å². The highest BCUT2D eigenvalue weighted by Crippen LogP contribution is 2.27. The number of para-hydroxylation sites is 1. The minimum Gasteiger partial charge on any atom is -0.507 e. The van der Waals surface area contributed by atoms with Crippen molar-refractivity contribution in [1.29, 1.82) is 0 Å². The number of anilines is 1. The minimum atomic E-state index is -0.507. The first-order valence-corrected chi connectivity index (χ1v) is 14.1. The van der Waals surface area contributed by atoms with Crippen molar-refractivity contribution in [3.05, 3.63) is 106 Å². The zero-order valence-corrected chi connectivity index (χ0v) is 23.9. The lowest BCUT2D eigenvalue weighted by atomic mass is 10.0. The topological polar surface area (TPSA) is 104 Å². The molecule has 196 valence electrons. The number of halogens is 1. The number of rotatable bonds is 9. The molecule has 8 nitrogen and oxygen atoms in total. The molecule has 0 fully saturated rings. The number of aromatic hydroxyl groups is 1. The Kier molecular flexibility index (Phi) is 8.42. The first-order valence-electron chi connectivity index (χ1n) is 12.2. The van der Waals surface area contributed by atoms with Crippen molar-refractivity contribution >= 4 is 62.9 Å². The second kappa shape index (κ2) is 12.3. The number of phenolic OH excluding ortho intramolecular Hbond substituents is 1. The summed E-state index contributed by atoms with van der Waals surface area (Å²) in [5.74, 6) is 0.521. The molecule has 1 amide bonds. The Morgan fingerprint density at radius 2 is 1.77 bits per heavy atom. The van der Waals surface area contributed by atoms with E-state index in [1.54, 1.807) is 13.0 Å².